The average molecular weight is 320 g/mol. The van der Waals surface area contributed by atoms with Crippen molar-refractivity contribution in [3.8, 4) is 0 Å². The predicted molar refractivity (Wildman–Crippen MR) is 95.5 cm³/mol. The molecule has 0 aliphatic carbocycles. The number of aromatic amines is 1. The van der Waals surface area contributed by atoms with Gasteiger partial charge in [-0.3, -0.25) is 14.6 Å². The zero-order valence-electron chi connectivity index (χ0n) is 13.7. The molecule has 0 fully saturated rings. The van der Waals surface area contributed by atoms with Crippen LogP contribution in [0.1, 0.15) is 47.8 Å². The third kappa shape index (κ3) is 3.43. The first-order valence-corrected chi connectivity index (χ1v) is 8.26. The minimum Gasteiger partial charge on any atom is -0.360 e. The van der Waals surface area contributed by atoms with Gasteiger partial charge in [0, 0.05) is 41.8 Å². The maximum Gasteiger partial charge on any atom is 0.200 e. The van der Waals surface area contributed by atoms with Crippen LogP contribution in [0.4, 0.5) is 0 Å². The van der Waals surface area contributed by atoms with E-state index >= 15 is 0 Å². The Balaban J connectivity index is 1.97. The summed E-state index contributed by atoms with van der Waals surface area (Å²) in [6.45, 7) is 2.03. The van der Waals surface area contributed by atoms with Gasteiger partial charge < -0.3 is 4.98 Å². The molecule has 2 heterocycles. The number of carbonyl (C=O) groups is 1. The van der Waals surface area contributed by atoms with Gasteiger partial charge in [0.25, 0.3) is 0 Å². The van der Waals surface area contributed by atoms with Crippen molar-refractivity contribution in [2.75, 3.05) is 0 Å². The van der Waals surface area contributed by atoms with Gasteiger partial charge in [0.2, 0.25) is 0 Å². The van der Waals surface area contributed by atoms with Crippen LogP contribution in [0.3, 0.4) is 0 Å². The average Bonchev–Trinajstić information content (AvgIpc) is 2.61. The van der Waals surface area contributed by atoms with Crippen molar-refractivity contribution < 1.29 is 4.79 Å². The van der Waals surface area contributed by atoms with E-state index in [1.807, 2.05) is 43.3 Å². The molecule has 4 nitrogen and oxygen atoms in total. The predicted octanol–water partition coefficient (Wildman–Crippen LogP) is 3.89. The highest BCUT2D eigenvalue weighted by Gasteiger charge is 2.13. The maximum atomic E-state index is 12.7. The lowest BCUT2D eigenvalue weighted by atomic mass is 10.0. The van der Waals surface area contributed by atoms with Crippen molar-refractivity contribution in [1.29, 1.82) is 0 Å². The van der Waals surface area contributed by atoms with Gasteiger partial charge in [-0.05, 0) is 36.2 Å². The number of Topliss-reactive ketones (excluding diaryl/α,β-unsaturated/α-hetero) is 1. The molecule has 0 unspecified atom stereocenters. The summed E-state index contributed by atoms with van der Waals surface area (Å²) in [5.41, 5.74) is 2.77. The lowest BCUT2D eigenvalue weighted by molar-refractivity contribution is 0.0978. The van der Waals surface area contributed by atoms with Gasteiger partial charge >= 0.3 is 0 Å². The topological polar surface area (TPSA) is 62.8 Å². The number of nitrogens with zero attached hydrogens (tertiary/aromatic N) is 1. The van der Waals surface area contributed by atoms with Crippen LogP contribution in [-0.2, 0) is 6.42 Å². The number of carbonyl (C=O) groups excluding carboxylic acids is 1. The van der Waals surface area contributed by atoms with E-state index in [-0.39, 0.29) is 16.8 Å². The van der Waals surface area contributed by atoms with E-state index < -0.39 is 0 Å². The molecule has 24 heavy (non-hydrogen) atoms. The zero-order chi connectivity index (χ0) is 16.9. The Labute approximate surface area is 140 Å². The minimum atomic E-state index is -0.187. The van der Waals surface area contributed by atoms with Gasteiger partial charge in [-0.25, -0.2) is 0 Å². The van der Waals surface area contributed by atoms with E-state index in [9.17, 15) is 9.59 Å². The highest BCUT2D eigenvalue weighted by molar-refractivity contribution is 5.98. The Morgan fingerprint density at radius 2 is 2.08 bits per heavy atom. The molecule has 0 amide bonds. The van der Waals surface area contributed by atoms with Gasteiger partial charge in [-0.2, -0.15) is 0 Å². The third-order valence-corrected chi connectivity index (χ3v) is 4.11. The number of H-pyrrole nitrogens is 1. The van der Waals surface area contributed by atoms with Crippen LogP contribution < -0.4 is 5.43 Å². The number of hydrogen-bond acceptors (Lipinski definition) is 3. The van der Waals surface area contributed by atoms with Crippen LogP contribution in [0, 0.1) is 0 Å². The second-order valence-electron chi connectivity index (χ2n) is 5.94. The number of nitrogens with one attached hydrogen (secondary N) is 1. The fraction of sp³-hybridized carbons (Fsp3) is 0.250. The first-order valence-electron chi connectivity index (χ1n) is 8.26. The molecule has 0 saturated heterocycles. The largest absolute Gasteiger partial charge is 0.360 e. The van der Waals surface area contributed by atoms with Crippen molar-refractivity contribution in [1.82, 2.24) is 9.97 Å². The summed E-state index contributed by atoms with van der Waals surface area (Å²) in [6.07, 6.45) is 6.11. The van der Waals surface area contributed by atoms with Crippen molar-refractivity contribution >= 4 is 16.7 Å². The van der Waals surface area contributed by atoms with E-state index in [4.69, 9.17) is 0 Å². The van der Waals surface area contributed by atoms with E-state index in [0.29, 0.717) is 18.2 Å². The number of hydrogen-bond donors (Lipinski definition) is 1. The molecule has 0 aliphatic rings. The van der Waals surface area contributed by atoms with Gasteiger partial charge in [0.15, 0.2) is 11.2 Å². The summed E-state index contributed by atoms with van der Waals surface area (Å²) in [6, 6.07) is 11.5. The Hall–Kier alpha value is -2.75. The van der Waals surface area contributed by atoms with Crippen LogP contribution in [0.15, 0.2) is 53.6 Å². The Bertz CT molecular complexity index is 914. The van der Waals surface area contributed by atoms with Gasteiger partial charge in [-0.15, -0.1) is 0 Å². The number of unbranched alkanes of at least 4 members (excludes halogenated alkanes) is 1. The van der Waals surface area contributed by atoms with Crippen molar-refractivity contribution in [3.05, 3.63) is 75.8 Å². The molecule has 0 saturated carbocycles. The summed E-state index contributed by atoms with van der Waals surface area (Å²) in [5.74, 6) is -0.0878. The van der Waals surface area contributed by atoms with Crippen molar-refractivity contribution in [2.24, 2.45) is 0 Å². The molecule has 0 bridgehead atoms. The van der Waals surface area contributed by atoms with Crippen LogP contribution in [0.5, 0.6) is 0 Å². The molecule has 0 spiro atoms. The van der Waals surface area contributed by atoms with Crippen molar-refractivity contribution in [2.45, 2.75) is 32.6 Å². The highest BCUT2D eigenvalue weighted by Crippen LogP contribution is 2.15. The molecule has 3 aromatic rings. The number of fused-ring (bicyclic) bond motifs is 1. The summed E-state index contributed by atoms with van der Waals surface area (Å²) in [5, 5.41) is 0.561. The summed E-state index contributed by atoms with van der Waals surface area (Å²) < 4.78 is 0. The van der Waals surface area contributed by atoms with E-state index in [0.717, 1.165) is 29.6 Å². The molecule has 122 valence electrons. The smallest absolute Gasteiger partial charge is 0.200 e. The molecule has 0 aliphatic heterocycles. The Morgan fingerprint density at radius 1 is 1.21 bits per heavy atom. The van der Waals surface area contributed by atoms with Crippen LogP contribution in [0.25, 0.3) is 10.9 Å². The fourth-order valence-corrected chi connectivity index (χ4v) is 2.77. The molecular formula is C20H20N2O2. The second kappa shape index (κ2) is 7.21. The number of benzene rings is 1. The molecule has 3 rings (SSSR count). The van der Waals surface area contributed by atoms with Crippen LogP contribution in [-0.4, -0.2) is 15.8 Å². The van der Waals surface area contributed by atoms with Crippen LogP contribution in [0.2, 0.25) is 0 Å². The maximum absolute atomic E-state index is 12.7. The van der Waals surface area contributed by atoms with Crippen LogP contribution >= 0.6 is 0 Å². The lowest BCUT2D eigenvalue weighted by Gasteiger charge is -2.06. The van der Waals surface area contributed by atoms with Gasteiger partial charge in [0.05, 0.1) is 5.56 Å². The number of aromatic nitrogens is 2. The zero-order valence-corrected chi connectivity index (χ0v) is 13.7. The van der Waals surface area contributed by atoms with Crippen molar-refractivity contribution in [3.63, 3.8) is 0 Å². The molecular weight excluding hydrogens is 300 g/mol. The summed E-state index contributed by atoms with van der Waals surface area (Å²) in [4.78, 5) is 32.3. The number of pyridine rings is 2. The monoisotopic (exact) mass is 320 g/mol. The van der Waals surface area contributed by atoms with E-state index in [2.05, 4.69) is 9.97 Å². The quantitative estimate of drug-likeness (QED) is 0.701. The Morgan fingerprint density at radius 3 is 2.83 bits per heavy atom. The molecule has 0 radical (unpaired) electrons. The molecule has 0 atom stereocenters. The van der Waals surface area contributed by atoms with E-state index in [1.54, 1.807) is 12.4 Å². The first kappa shape index (κ1) is 16.1. The Kier molecular flexibility index (Phi) is 4.85. The molecule has 2 aromatic heterocycles. The fourth-order valence-electron chi connectivity index (χ4n) is 2.77. The second-order valence-corrected chi connectivity index (χ2v) is 5.94. The number of ketones is 1. The SMILES string of the molecule is CCCCC(=O)c1c[nH]c2ccc(Cc3ccccn3)cc2c1=O. The molecule has 1 N–H and O–H groups in total. The molecule has 4 heteroatoms. The highest BCUT2D eigenvalue weighted by atomic mass is 16.1. The summed E-state index contributed by atoms with van der Waals surface area (Å²) >= 11 is 0. The van der Waals surface area contributed by atoms with E-state index in [1.165, 1.54) is 0 Å². The lowest BCUT2D eigenvalue weighted by Crippen LogP contribution is -2.16. The summed E-state index contributed by atoms with van der Waals surface area (Å²) in [7, 11) is 0. The number of rotatable bonds is 6. The molecule has 1 aromatic carbocycles. The standard InChI is InChI=1S/C20H20N2O2/c1-2-3-7-19(23)17-13-22-18-9-8-14(12-16(18)20(17)24)11-15-6-4-5-10-21-15/h4-6,8-10,12-13H,2-3,7,11H2,1H3,(H,22,24). The minimum absolute atomic E-state index is 0.0878. The third-order valence-electron chi connectivity index (χ3n) is 4.11. The normalized spacial score (nSPS) is 10.9. The van der Waals surface area contributed by atoms with Gasteiger partial charge in [0.1, 0.15) is 0 Å². The van der Waals surface area contributed by atoms with Gasteiger partial charge in [-0.1, -0.05) is 25.5 Å². The first-order chi connectivity index (χ1) is 11.7.